The van der Waals surface area contributed by atoms with Gasteiger partial charge in [-0.1, -0.05) is 20.8 Å². The van der Waals surface area contributed by atoms with Crippen LogP contribution in [-0.2, 0) is 9.47 Å². The fourth-order valence-corrected chi connectivity index (χ4v) is 1.99. The van der Waals surface area contributed by atoms with E-state index in [2.05, 4.69) is 32.3 Å². The molecule has 116 valence electrons. The molecule has 0 saturated heterocycles. The standard InChI is InChI=1S/C15H33NO2S/c1-15(2,3)8-5-10-17-12-7-13-18-11-6-9-16-14-19-4/h16H,5-14H2,1-4H3. The zero-order valence-corrected chi connectivity index (χ0v) is 14.1. The van der Waals surface area contributed by atoms with Crippen LogP contribution in [-0.4, -0.2) is 45.1 Å². The van der Waals surface area contributed by atoms with E-state index in [9.17, 15) is 0 Å². The molecule has 0 heterocycles. The molecule has 0 radical (unpaired) electrons. The average Bonchev–Trinajstić information content (AvgIpc) is 2.34. The SMILES string of the molecule is CSCNCCCOCCCOCCCC(C)(C)C. The minimum atomic E-state index is 0.427. The molecule has 0 spiro atoms. The molecule has 1 N–H and O–H groups in total. The van der Waals surface area contributed by atoms with E-state index in [4.69, 9.17) is 9.47 Å². The van der Waals surface area contributed by atoms with Crippen LogP contribution in [0.25, 0.3) is 0 Å². The van der Waals surface area contributed by atoms with Crippen LogP contribution in [0, 0.1) is 5.41 Å². The summed E-state index contributed by atoms with van der Waals surface area (Å²) in [5.41, 5.74) is 0.427. The first kappa shape index (κ1) is 19.2. The van der Waals surface area contributed by atoms with Gasteiger partial charge in [-0.3, -0.25) is 0 Å². The molecule has 0 bridgehead atoms. The van der Waals surface area contributed by atoms with Crippen LogP contribution in [0.2, 0.25) is 0 Å². The second kappa shape index (κ2) is 13.2. The van der Waals surface area contributed by atoms with Gasteiger partial charge >= 0.3 is 0 Å². The molecule has 0 aromatic rings. The molecule has 0 aliphatic carbocycles. The molecule has 0 fully saturated rings. The van der Waals surface area contributed by atoms with Gasteiger partial charge in [-0.05, 0) is 43.9 Å². The Morgan fingerprint density at radius 2 is 1.47 bits per heavy atom. The molecule has 0 saturated carbocycles. The summed E-state index contributed by atoms with van der Waals surface area (Å²) >= 11 is 1.82. The summed E-state index contributed by atoms with van der Waals surface area (Å²) < 4.78 is 11.1. The minimum absolute atomic E-state index is 0.427. The maximum Gasteiger partial charge on any atom is 0.0487 e. The smallest absolute Gasteiger partial charge is 0.0487 e. The van der Waals surface area contributed by atoms with Crippen molar-refractivity contribution < 1.29 is 9.47 Å². The van der Waals surface area contributed by atoms with Crippen LogP contribution in [0.5, 0.6) is 0 Å². The van der Waals surface area contributed by atoms with E-state index in [1.54, 1.807) is 0 Å². The van der Waals surface area contributed by atoms with E-state index in [0.717, 1.165) is 58.1 Å². The highest BCUT2D eigenvalue weighted by Crippen LogP contribution is 2.20. The summed E-state index contributed by atoms with van der Waals surface area (Å²) in [4.78, 5) is 0. The summed E-state index contributed by atoms with van der Waals surface area (Å²) in [6, 6.07) is 0. The third-order valence-corrected chi connectivity index (χ3v) is 3.17. The Morgan fingerprint density at radius 1 is 0.895 bits per heavy atom. The number of rotatable bonds is 13. The van der Waals surface area contributed by atoms with Crippen molar-refractivity contribution in [2.24, 2.45) is 5.41 Å². The van der Waals surface area contributed by atoms with Crippen LogP contribution in [0.3, 0.4) is 0 Å². The molecule has 0 atom stereocenters. The summed E-state index contributed by atoms with van der Waals surface area (Å²) in [7, 11) is 0. The van der Waals surface area contributed by atoms with Crippen LogP contribution < -0.4 is 5.32 Å². The molecule has 0 rings (SSSR count). The van der Waals surface area contributed by atoms with E-state index in [0.29, 0.717) is 5.41 Å². The van der Waals surface area contributed by atoms with Gasteiger partial charge in [-0.2, -0.15) is 0 Å². The van der Waals surface area contributed by atoms with E-state index in [1.165, 1.54) is 6.42 Å². The Hall–Kier alpha value is 0.230. The lowest BCUT2D eigenvalue weighted by Gasteiger charge is -2.17. The fraction of sp³-hybridized carbons (Fsp3) is 1.00. The Balaban J connectivity index is 2.99. The normalized spacial score (nSPS) is 12.0. The van der Waals surface area contributed by atoms with Crippen molar-refractivity contribution in [1.82, 2.24) is 5.32 Å². The lowest BCUT2D eigenvalue weighted by Crippen LogP contribution is -2.16. The number of nitrogens with one attached hydrogen (secondary N) is 1. The van der Waals surface area contributed by atoms with Gasteiger partial charge in [0.05, 0.1) is 0 Å². The van der Waals surface area contributed by atoms with Gasteiger partial charge in [-0.25, -0.2) is 0 Å². The van der Waals surface area contributed by atoms with Gasteiger partial charge in [0.25, 0.3) is 0 Å². The highest BCUT2D eigenvalue weighted by atomic mass is 32.2. The Labute approximate surface area is 124 Å². The van der Waals surface area contributed by atoms with Crippen molar-refractivity contribution in [2.75, 3.05) is 45.1 Å². The Kier molecular flexibility index (Phi) is 13.4. The van der Waals surface area contributed by atoms with Crippen molar-refractivity contribution in [1.29, 1.82) is 0 Å². The van der Waals surface area contributed by atoms with Crippen molar-refractivity contribution in [3.63, 3.8) is 0 Å². The second-order valence-electron chi connectivity index (χ2n) is 6.03. The topological polar surface area (TPSA) is 30.5 Å². The van der Waals surface area contributed by atoms with E-state index in [-0.39, 0.29) is 0 Å². The number of thioether (sulfide) groups is 1. The van der Waals surface area contributed by atoms with Gasteiger partial charge in [0.1, 0.15) is 0 Å². The Morgan fingerprint density at radius 3 is 2.05 bits per heavy atom. The molecular formula is C15H33NO2S. The molecule has 0 unspecified atom stereocenters. The predicted molar refractivity (Wildman–Crippen MR) is 85.9 cm³/mol. The zero-order chi connectivity index (χ0) is 14.4. The molecular weight excluding hydrogens is 258 g/mol. The molecule has 19 heavy (non-hydrogen) atoms. The third kappa shape index (κ3) is 18.2. The lowest BCUT2D eigenvalue weighted by molar-refractivity contribution is 0.0777. The van der Waals surface area contributed by atoms with Crippen molar-refractivity contribution in [3.05, 3.63) is 0 Å². The van der Waals surface area contributed by atoms with Crippen LogP contribution in [0.4, 0.5) is 0 Å². The van der Waals surface area contributed by atoms with E-state index >= 15 is 0 Å². The molecule has 0 aromatic heterocycles. The lowest BCUT2D eigenvalue weighted by atomic mass is 9.91. The van der Waals surface area contributed by atoms with Crippen molar-refractivity contribution in [2.45, 2.75) is 46.5 Å². The number of hydrogen-bond acceptors (Lipinski definition) is 4. The van der Waals surface area contributed by atoms with Crippen LogP contribution >= 0.6 is 11.8 Å². The van der Waals surface area contributed by atoms with Gasteiger partial charge in [-0.15, -0.1) is 11.8 Å². The molecule has 0 aliphatic heterocycles. The van der Waals surface area contributed by atoms with Gasteiger partial charge in [0, 0.05) is 32.3 Å². The van der Waals surface area contributed by atoms with Crippen molar-refractivity contribution >= 4 is 11.8 Å². The average molecular weight is 292 g/mol. The van der Waals surface area contributed by atoms with Gasteiger partial charge in [0.2, 0.25) is 0 Å². The molecule has 4 heteroatoms. The Bertz CT molecular complexity index is 183. The molecule has 0 amide bonds. The zero-order valence-electron chi connectivity index (χ0n) is 13.3. The second-order valence-corrected chi connectivity index (χ2v) is 6.90. The highest BCUT2D eigenvalue weighted by Gasteiger charge is 2.08. The summed E-state index contributed by atoms with van der Waals surface area (Å²) in [6.07, 6.45) is 6.59. The minimum Gasteiger partial charge on any atom is -0.381 e. The quantitative estimate of drug-likeness (QED) is 0.415. The van der Waals surface area contributed by atoms with E-state index in [1.807, 2.05) is 11.8 Å². The first-order valence-corrected chi connectivity index (χ1v) is 8.81. The molecule has 0 aromatic carbocycles. The van der Waals surface area contributed by atoms with Crippen LogP contribution in [0.15, 0.2) is 0 Å². The largest absolute Gasteiger partial charge is 0.381 e. The van der Waals surface area contributed by atoms with Crippen LogP contribution in [0.1, 0.15) is 46.5 Å². The number of ether oxygens (including phenoxy) is 2. The highest BCUT2D eigenvalue weighted by molar-refractivity contribution is 7.98. The predicted octanol–water partition coefficient (Wildman–Crippen LogP) is 3.54. The van der Waals surface area contributed by atoms with Gasteiger partial charge < -0.3 is 14.8 Å². The number of hydrogen-bond donors (Lipinski definition) is 1. The van der Waals surface area contributed by atoms with Crippen molar-refractivity contribution in [3.8, 4) is 0 Å². The first-order chi connectivity index (χ1) is 9.06. The first-order valence-electron chi connectivity index (χ1n) is 7.41. The maximum absolute atomic E-state index is 5.59. The fourth-order valence-electron chi connectivity index (χ4n) is 1.65. The molecule has 3 nitrogen and oxygen atoms in total. The summed E-state index contributed by atoms with van der Waals surface area (Å²) in [6.45, 7) is 11.3. The van der Waals surface area contributed by atoms with E-state index < -0.39 is 0 Å². The monoisotopic (exact) mass is 291 g/mol. The summed E-state index contributed by atoms with van der Waals surface area (Å²) in [5, 5.41) is 3.33. The maximum atomic E-state index is 5.59. The third-order valence-electron chi connectivity index (χ3n) is 2.68. The van der Waals surface area contributed by atoms with Gasteiger partial charge in [0.15, 0.2) is 0 Å². The summed E-state index contributed by atoms with van der Waals surface area (Å²) in [5.74, 6) is 1.03. The molecule has 0 aliphatic rings.